The highest BCUT2D eigenvalue weighted by molar-refractivity contribution is 5.87. The number of carbonyl (C=O) groups is 1. The molecule has 6 heteroatoms. The maximum Gasteiger partial charge on any atom is 0.391 e. The van der Waals surface area contributed by atoms with Crippen molar-refractivity contribution in [3.63, 3.8) is 0 Å². The van der Waals surface area contributed by atoms with Crippen molar-refractivity contribution in [2.75, 3.05) is 6.61 Å². The molecule has 3 aliphatic carbocycles. The quantitative estimate of drug-likeness (QED) is 0.380. The van der Waals surface area contributed by atoms with Crippen molar-refractivity contribution in [2.24, 2.45) is 17.3 Å². The van der Waals surface area contributed by atoms with Gasteiger partial charge in [0.05, 0.1) is 13.0 Å². The van der Waals surface area contributed by atoms with Gasteiger partial charge in [0.2, 0.25) is 0 Å². The van der Waals surface area contributed by atoms with Crippen LogP contribution in [-0.2, 0) is 11.2 Å². The van der Waals surface area contributed by atoms with Gasteiger partial charge in [-0.1, -0.05) is 13.0 Å². The Morgan fingerprint density at radius 1 is 1.20 bits per heavy atom. The molecule has 0 aromatic heterocycles. The van der Waals surface area contributed by atoms with E-state index in [1.165, 1.54) is 11.1 Å². The first-order valence-electron chi connectivity index (χ1n) is 11.2. The minimum atomic E-state index is -4.46. The number of rotatable bonds is 6. The number of ketones is 1. The van der Waals surface area contributed by atoms with E-state index in [2.05, 4.69) is 13.0 Å². The molecule has 0 saturated heterocycles. The van der Waals surface area contributed by atoms with Crippen LogP contribution in [0.1, 0.15) is 75.3 Å². The molecule has 0 bridgehead atoms. The van der Waals surface area contributed by atoms with E-state index in [1.54, 1.807) is 0 Å². The third kappa shape index (κ3) is 4.24. The van der Waals surface area contributed by atoms with Crippen molar-refractivity contribution in [2.45, 2.75) is 83.0 Å². The van der Waals surface area contributed by atoms with Crippen LogP contribution in [-0.4, -0.2) is 24.7 Å². The van der Waals surface area contributed by atoms with Crippen LogP contribution in [0.25, 0.3) is 0 Å². The molecule has 1 aromatic carbocycles. The predicted molar refractivity (Wildman–Crippen MR) is 106 cm³/mol. The number of hydrogen-bond donors (Lipinski definition) is 0. The fourth-order valence-corrected chi connectivity index (χ4v) is 6.27. The summed E-state index contributed by atoms with van der Waals surface area (Å²) in [6.07, 6.45) is -1.77. The first-order valence-corrected chi connectivity index (χ1v) is 11.2. The van der Waals surface area contributed by atoms with Crippen LogP contribution in [0, 0.1) is 17.3 Å². The van der Waals surface area contributed by atoms with Gasteiger partial charge in [-0.15, -0.1) is 0 Å². The summed E-state index contributed by atoms with van der Waals surface area (Å²) in [6, 6.07) is 6.10. The molecule has 0 radical (unpaired) electrons. The van der Waals surface area contributed by atoms with Gasteiger partial charge >= 0.3 is 6.18 Å². The standard InChI is InChI=1S/C24H30F4O2/c1-23-11-10-19-18-7-5-17(30-12-2-3-16(25)14-24(26,27)28)13-15(18)4-6-20(19)21(23)8-9-22(23)29/h5,7,13,16,19-21H,2-4,6,8-12,14H2,1H3. The van der Waals surface area contributed by atoms with Gasteiger partial charge in [0, 0.05) is 11.8 Å². The second-order valence-electron chi connectivity index (χ2n) is 9.60. The maximum absolute atomic E-state index is 13.4. The molecule has 1 aromatic rings. The lowest BCUT2D eigenvalue weighted by molar-refractivity contribution is -0.146. The monoisotopic (exact) mass is 426 g/mol. The number of alkyl halides is 4. The molecule has 0 N–H and O–H groups in total. The topological polar surface area (TPSA) is 26.3 Å². The van der Waals surface area contributed by atoms with Crippen LogP contribution in [0.5, 0.6) is 5.75 Å². The van der Waals surface area contributed by atoms with Crippen LogP contribution < -0.4 is 4.74 Å². The van der Waals surface area contributed by atoms with Gasteiger partial charge in [0.25, 0.3) is 0 Å². The Balaban J connectivity index is 1.34. The van der Waals surface area contributed by atoms with E-state index in [-0.39, 0.29) is 24.9 Å². The number of fused-ring (bicyclic) bond motifs is 5. The first kappa shape index (κ1) is 21.6. The Hall–Kier alpha value is -1.59. The van der Waals surface area contributed by atoms with Crippen molar-refractivity contribution >= 4 is 5.78 Å². The zero-order valence-electron chi connectivity index (χ0n) is 17.4. The highest BCUT2D eigenvalue weighted by Crippen LogP contribution is 2.59. The normalized spacial score (nSPS) is 31.6. The third-order valence-corrected chi connectivity index (χ3v) is 7.79. The smallest absolute Gasteiger partial charge is 0.391 e. The minimum absolute atomic E-state index is 0.123. The summed E-state index contributed by atoms with van der Waals surface area (Å²) >= 11 is 0. The van der Waals surface area contributed by atoms with Crippen LogP contribution in [0.3, 0.4) is 0 Å². The van der Waals surface area contributed by atoms with E-state index in [0.717, 1.165) is 38.5 Å². The number of benzene rings is 1. The van der Waals surface area contributed by atoms with Crippen LogP contribution in [0.2, 0.25) is 0 Å². The summed E-state index contributed by atoms with van der Waals surface area (Å²) in [5.74, 6) is 2.73. The Labute approximate surface area is 175 Å². The summed E-state index contributed by atoms with van der Waals surface area (Å²) in [5.41, 5.74) is 2.53. The molecule has 0 aliphatic heterocycles. The Morgan fingerprint density at radius 3 is 2.77 bits per heavy atom. The molecular formula is C24H30F4O2. The van der Waals surface area contributed by atoms with E-state index < -0.39 is 18.8 Å². The van der Waals surface area contributed by atoms with Crippen molar-refractivity contribution in [1.29, 1.82) is 0 Å². The fraction of sp³-hybridized carbons (Fsp3) is 0.708. The lowest BCUT2D eigenvalue weighted by atomic mass is 9.55. The van der Waals surface area contributed by atoms with Crippen molar-refractivity contribution < 1.29 is 27.1 Å². The van der Waals surface area contributed by atoms with Gasteiger partial charge in [-0.2, -0.15) is 13.2 Å². The zero-order valence-corrected chi connectivity index (χ0v) is 17.4. The second-order valence-corrected chi connectivity index (χ2v) is 9.60. The maximum atomic E-state index is 13.4. The van der Waals surface area contributed by atoms with Crippen LogP contribution in [0.15, 0.2) is 18.2 Å². The lowest BCUT2D eigenvalue weighted by Gasteiger charge is -2.48. The molecule has 30 heavy (non-hydrogen) atoms. The summed E-state index contributed by atoms with van der Waals surface area (Å²) in [7, 11) is 0. The number of hydrogen-bond acceptors (Lipinski definition) is 2. The molecule has 2 nitrogen and oxygen atoms in total. The zero-order chi connectivity index (χ0) is 21.5. The van der Waals surface area contributed by atoms with Gasteiger partial charge in [-0.05, 0) is 86.0 Å². The largest absolute Gasteiger partial charge is 0.494 e. The summed E-state index contributed by atoms with van der Waals surface area (Å²) < 4.78 is 55.6. The van der Waals surface area contributed by atoms with Gasteiger partial charge in [-0.25, -0.2) is 4.39 Å². The van der Waals surface area contributed by atoms with Crippen LogP contribution in [0.4, 0.5) is 17.6 Å². The first-order chi connectivity index (χ1) is 14.2. The molecule has 3 aliphatic rings. The number of carbonyl (C=O) groups excluding carboxylic acids is 1. The number of ether oxygens (including phenoxy) is 1. The van der Waals surface area contributed by atoms with E-state index in [1.807, 2.05) is 12.1 Å². The average molecular weight is 426 g/mol. The molecule has 166 valence electrons. The van der Waals surface area contributed by atoms with E-state index in [9.17, 15) is 22.4 Å². The number of halogens is 4. The number of aryl methyl sites for hydroxylation is 1. The van der Waals surface area contributed by atoms with Crippen molar-refractivity contribution in [1.82, 2.24) is 0 Å². The Kier molecular flexibility index (Phi) is 5.88. The molecule has 2 fully saturated rings. The van der Waals surface area contributed by atoms with Gasteiger partial charge in [0.1, 0.15) is 17.7 Å². The fourth-order valence-electron chi connectivity index (χ4n) is 6.27. The average Bonchev–Trinajstić information content (AvgIpc) is 2.98. The van der Waals surface area contributed by atoms with Crippen LogP contribution >= 0.6 is 0 Å². The summed E-state index contributed by atoms with van der Waals surface area (Å²) in [5, 5.41) is 0. The van der Waals surface area contributed by atoms with Gasteiger partial charge in [0.15, 0.2) is 0 Å². The molecule has 0 spiro atoms. The summed E-state index contributed by atoms with van der Waals surface area (Å²) in [6.45, 7) is 2.39. The molecular weight excluding hydrogens is 396 g/mol. The highest BCUT2D eigenvalue weighted by atomic mass is 19.4. The molecule has 0 heterocycles. The van der Waals surface area contributed by atoms with Crippen molar-refractivity contribution in [3.8, 4) is 5.75 Å². The highest BCUT2D eigenvalue weighted by Gasteiger charge is 2.54. The molecule has 4 rings (SSSR count). The van der Waals surface area contributed by atoms with E-state index in [0.29, 0.717) is 29.3 Å². The molecule has 5 atom stereocenters. The SMILES string of the molecule is CC12CCC3c4ccc(OCCCC(F)CC(F)(F)F)cc4CCC3C1CCC2=O. The van der Waals surface area contributed by atoms with Gasteiger partial charge < -0.3 is 4.74 Å². The molecule has 5 unspecified atom stereocenters. The van der Waals surface area contributed by atoms with Crippen molar-refractivity contribution in [3.05, 3.63) is 29.3 Å². The molecule has 2 saturated carbocycles. The Morgan fingerprint density at radius 2 is 2.00 bits per heavy atom. The second kappa shape index (κ2) is 8.16. The van der Waals surface area contributed by atoms with Gasteiger partial charge in [-0.3, -0.25) is 4.79 Å². The molecule has 0 amide bonds. The van der Waals surface area contributed by atoms with E-state index >= 15 is 0 Å². The lowest BCUT2D eigenvalue weighted by Crippen LogP contribution is -2.42. The third-order valence-electron chi connectivity index (χ3n) is 7.79. The van der Waals surface area contributed by atoms with E-state index in [4.69, 9.17) is 4.74 Å². The number of Topliss-reactive ketones (excluding diaryl/α,β-unsaturated/α-hetero) is 1. The summed E-state index contributed by atoms with van der Waals surface area (Å²) in [4.78, 5) is 12.4. The minimum Gasteiger partial charge on any atom is -0.494 e. The Bertz CT molecular complexity index is 790. The predicted octanol–water partition coefficient (Wildman–Crippen LogP) is 6.56.